The van der Waals surface area contributed by atoms with Gasteiger partial charge in [0.1, 0.15) is 48.1 Å². The fourth-order valence-corrected chi connectivity index (χ4v) is 4.75. The van der Waals surface area contributed by atoms with Crippen molar-refractivity contribution in [3.8, 4) is 11.5 Å². The highest BCUT2D eigenvalue weighted by Gasteiger charge is 2.49. The molecule has 2 fully saturated rings. The first-order valence-corrected chi connectivity index (χ1v) is 12.8. The summed E-state index contributed by atoms with van der Waals surface area (Å²) in [5.74, 6) is -3.14. The number of aliphatic hydroxyl groups excluding tert-OH is 6. The topological polar surface area (TPSA) is 233 Å². The van der Waals surface area contributed by atoms with Crippen LogP contribution in [0.4, 0.5) is 0 Å². The molecule has 14 nitrogen and oxygen atoms in total. The molecule has 4 rings (SSSR count). The van der Waals surface area contributed by atoms with Crippen molar-refractivity contribution >= 4 is 35.1 Å². The van der Waals surface area contributed by atoms with Gasteiger partial charge in [0, 0.05) is 27.6 Å². The Morgan fingerprint density at radius 3 is 1.34 bits per heavy atom. The molecule has 8 N–H and O–H groups in total. The Labute approximate surface area is 241 Å². The molecule has 0 aliphatic carbocycles. The molecule has 2 aliphatic rings. The lowest BCUT2D eigenvalue weighted by atomic mass is 9.98. The van der Waals surface area contributed by atoms with Crippen molar-refractivity contribution in [2.75, 3.05) is 0 Å². The zero-order valence-electron chi connectivity index (χ0n) is 20.7. The monoisotopic (exact) mass is 620 g/mol. The van der Waals surface area contributed by atoms with Gasteiger partial charge >= 0.3 is 11.9 Å². The van der Waals surface area contributed by atoms with E-state index in [1.54, 1.807) is 0 Å². The number of rotatable bonds is 8. The van der Waals surface area contributed by atoms with Gasteiger partial charge in [0.15, 0.2) is 12.2 Å². The van der Waals surface area contributed by atoms with Crippen LogP contribution in [-0.4, -0.2) is 114 Å². The van der Waals surface area contributed by atoms with E-state index < -0.39 is 73.4 Å². The maximum Gasteiger partial charge on any atom is 0.335 e. The molecule has 2 aromatic rings. The highest BCUT2D eigenvalue weighted by molar-refractivity contribution is 6.31. The molecule has 10 unspecified atom stereocenters. The first-order valence-electron chi connectivity index (χ1n) is 12.0. The second kappa shape index (κ2) is 12.6. The molecule has 2 saturated heterocycles. The molecule has 16 heteroatoms. The minimum absolute atomic E-state index is 0.0236. The predicted molar refractivity (Wildman–Crippen MR) is 136 cm³/mol. The minimum Gasteiger partial charge on any atom is -0.479 e. The van der Waals surface area contributed by atoms with Gasteiger partial charge in [0.25, 0.3) is 0 Å². The summed E-state index contributed by atoms with van der Waals surface area (Å²) < 4.78 is 21.8. The average molecular weight is 621 g/mol. The molecule has 10 atom stereocenters. The smallest absolute Gasteiger partial charge is 0.335 e. The summed E-state index contributed by atoms with van der Waals surface area (Å²) in [7, 11) is 0. The molecular formula is C25H26Cl2O14. The number of carboxylic acids is 2. The fourth-order valence-electron chi connectivity index (χ4n) is 4.36. The maximum atomic E-state index is 11.5. The number of aliphatic hydroxyl groups is 6. The molecule has 2 heterocycles. The molecule has 0 spiro atoms. The Kier molecular flexibility index (Phi) is 9.60. The normalized spacial score (nSPS) is 33.7. The van der Waals surface area contributed by atoms with Gasteiger partial charge in [-0.2, -0.15) is 0 Å². The van der Waals surface area contributed by atoms with Crippen LogP contribution < -0.4 is 9.47 Å². The summed E-state index contributed by atoms with van der Waals surface area (Å²) in [6.07, 6.45) is -18.6. The third-order valence-corrected chi connectivity index (χ3v) is 7.01. The second-order valence-electron chi connectivity index (χ2n) is 9.39. The number of hydrogen-bond acceptors (Lipinski definition) is 12. The van der Waals surface area contributed by atoms with Crippen LogP contribution in [0.1, 0.15) is 11.1 Å². The minimum atomic E-state index is -1.92. The number of halogens is 2. The van der Waals surface area contributed by atoms with Gasteiger partial charge in [0.05, 0.1) is 0 Å². The van der Waals surface area contributed by atoms with Crippen LogP contribution >= 0.6 is 23.2 Å². The quantitative estimate of drug-likeness (QED) is 0.179. The van der Waals surface area contributed by atoms with Crippen molar-refractivity contribution < 1.29 is 69.4 Å². The van der Waals surface area contributed by atoms with Crippen molar-refractivity contribution in [1.82, 2.24) is 0 Å². The van der Waals surface area contributed by atoms with Gasteiger partial charge in [0.2, 0.25) is 12.6 Å². The van der Waals surface area contributed by atoms with Crippen LogP contribution in [0.5, 0.6) is 11.5 Å². The molecule has 0 saturated carbocycles. The van der Waals surface area contributed by atoms with Crippen molar-refractivity contribution in [3.63, 3.8) is 0 Å². The molecule has 0 amide bonds. The molecule has 2 aromatic carbocycles. The molecule has 0 aromatic heterocycles. The lowest BCUT2D eigenvalue weighted by Crippen LogP contribution is -2.61. The first kappa shape index (κ1) is 31.2. The summed E-state index contributed by atoms with van der Waals surface area (Å²) in [5, 5.41) is 79.9. The van der Waals surface area contributed by atoms with Gasteiger partial charge < -0.3 is 59.8 Å². The van der Waals surface area contributed by atoms with Crippen molar-refractivity contribution in [2.45, 2.75) is 67.8 Å². The van der Waals surface area contributed by atoms with Crippen molar-refractivity contribution in [2.24, 2.45) is 0 Å². The lowest BCUT2D eigenvalue weighted by molar-refractivity contribution is -0.271. The van der Waals surface area contributed by atoms with Gasteiger partial charge in [-0.3, -0.25) is 0 Å². The summed E-state index contributed by atoms with van der Waals surface area (Å²) in [6, 6.07) is 8.54. The number of carboxylic acid groups (broad SMARTS) is 2. The number of benzene rings is 2. The summed E-state index contributed by atoms with van der Waals surface area (Å²) in [4.78, 5) is 22.9. The van der Waals surface area contributed by atoms with E-state index in [4.69, 9.17) is 42.1 Å². The third kappa shape index (κ3) is 6.67. The van der Waals surface area contributed by atoms with E-state index in [-0.39, 0.29) is 28.0 Å². The Morgan fingerprint density at radius 2 is 1.00 bits per heavy atom. The molecule has 41 heavy (non-hydrogen) atoms. The standard InChI is InChI=1S/C25H26Cl2O14/c26-10-1-3-12(38-24-18(32)14(28)16(30)20(40-24)22(34)35)8(6-10)5-9-7-11(27)2-4-13(9)39-25-19(33)15(29)17(31)21(41-25)23(36)37/h1-4,6-7,14-21,24-25,28-33H,5H2,(H,34,35)(H,36,37). The second-order valence-corrected chi connectivity index (χ2v) is 10.3. The zero-order valence-corrected chi connectivity index (χ0v) is 22.2. The summed E-state index contributed by atoms with van der Waals surface area (Å²) in [6.45, 7) is 0. The van der Waals surface area contributed by atoms with E-state index in [9.17, 15) is 50.4 Å². The van der Waals surface area contributed by atoms with Crippen LogP contribution in [0.15, 0.2) is 36.4 Å². The number of aliphatic carboxylic acids is 2. The van der Waals surface area contributed by atoms with E-state index in [0.29, 0.717) is 11.1 Å². The highest BCUT2D eigenvalue weighted by Crippen LogP contribution is 2.34. The predicted octanol–water partition coefficient (Wildman–Crippen LogP) is -0.874. The number of hydrogen-bond donors (Lipinski definition) is 8. The van der Waals surface area contributed by atoms with E-state index in [0.717, 1.165) is 0 Å². The average Bonchev–Trinajstić information content (AvgIpc) is 2.91. The largest absolute Gasteiger partial charge is 0.479 e. The number of carbonyl (C=O) groups is 2. The van der Waals surface area contributed by atoms with Crippen LogP contribution in [0.2, 0.25) is 10.0 Å². The van der Waals surface area contributed by atoms with E-state index in [1.807, 2.05) is 0 Å². The van der Waals surface area contributed by atoms with Crippen LogP contribution in [0.3, 0.4) is 0 Å². The molecule has 0 radical (unpaired) electrons. The van der Waals surface area contributed by atoms with Crippen LogP contribution in [0.25, 0.3) is 0 Å². The zero-order chi connectivity index (χ0) is 30.2. The molecule has 224 valence electrons. The van der Waals surface area contributed by atoms with Crippen LogP contribution in [-0.2, 0) is 25.5 Å². The van der Waals surface area contributed by atoms with Gasteiger partial charge in [-0.15, -0.1) is 0 Å². The number of ether oxygens (including phenoxy) is 4. The lowest BCUT2D eigenvalue weighted by Gasteiger charge is -2.39. The highest BCUT2D eigenvalue weighted by atomic mass is 35.5. The fraction of sp³-hybridized carbons (Fsp3) is 0.440. The van der Waals surface area contributed by atoms with E-state index in [1.165, 1.54) is 36.4 Å². The summed E-state index contributed by atoms with van der Waals surface area (Å²) in [5.41, 5.74) is 0.633. The van der Waals surface area contributed by atoms with Crippen molar-refractivity contribution in [3.05, 3.63) is 57.6 Å². The Hall–Kier alpha value is -2.76. The maximum absolute atomic E-state index is 11.5. The Balaban J connectivity index is 1.62. The Bertz CT molecular complexity index is 1180. The van der Waals surface area contributed by atoms with E-state index >= 15 is 0 Å². The Morgan fingerprint density at radius 1 is 0.634 bits per heavy atom. The van der Waals surface area contributed by atoms with Crippen LogP contribution in [0, 0.1) is 0 Å². The molecule has 0 bridgehead atoms. The van der Waals surface area contributed by atoms with Gasteiger partial charge in [-0.05, 0) is 36.4 Å². The van der Waals surface area contributed by atoms with Crippen molar-refractivity contribution in [1.29, 1.82) is 0 Å². The van der Waals surface area contributed by atoms with Gasteiger partial charge in [-0.1, -0.05) is 23.2 Å². The summed E-state index contributed by atoms with van der Waals surface area (Å²) >= 11 is 12.4. The van der Waals surface area contributed by atoms with E-state index in [2.05, 4.69) is 0 Å². The third-order valence-electron chi connectivity index (χ3n) is 6.54. The first-order chi connectivity index (χ1) is 19.3. The molecule has 2 aliphatic heterocycles. The molecular weight excluding hydrogens is 595 g/mol. The van der Waals surface area contributed by atoms with Gasteiger partial charge in [-0.25, -0.2) is 9.59 Å². The SMILES string of the molecule is O=C(O)C1OC(Oc2ccc(Cl)cc2Cc2cc(Cl)ccc2OC2OC(C(=O)O)C(O)C(O)C2O)C(O)C(O)C1O.